The molecule has 0 fully saturated rings. The van der Waals surface area contributed by atoms with Crippen molar-refractivity contribution in [2.45, 2.75) is 20.8 Å². The van der Waals surface area contributed by atoms with E-state index < -0.39 is 0 Å². The molecule has 0 bridgehead atoms. The number of benzene rings is 1. The number of nitrogens with two attached hydrogens (primary N) is 1. The molecule has 0 atom stereocenters. The molecule has 94 valence electrons. The largest absolute Gasteiger partial charge is 0.496 e. The molecule has 0 radical (unpaired) electrons. The summed E-state index contributed by atoms with van der Waals surface area (Å²) >= 11 is 0. The predicted octanol–water partition coefficient (Wildman–Crippen LogP) is 3.26. The van der Waals surface area contributed by atoms with Crippen molar-refractivity contribution in [1.82, 2.24) is 4.98 Å². The van der Waals surface area contributed by atoms with Gasteiger partial charge < -0.3 is 10.5 Å². The Kier molecular flexibility index (Phi) is 3.24. The fourth-order valence-electron chi connectivity index (χ4n) is 2.18. The Labute approximate surface area is 108 Å². The monoisotopic (exact) mass is 242 g/mol. The van der Waals surface area contributed by atoms with Gasteiger partial charge in [0, 0.05) is 11.8 Å². The highest BCUT2D eigenvalue weighted by molar-refractivity contribution is 5.68. The zero-order valence-electron chi connectivity index (χ0n) is 11.2. The van der Waals surface area contributed by atoms with Crippen LogP contribution in [0.1, 0.15) is 16.7 Å². The van der Waals surface area contributed by atoms with Gasteiger partial charge in [0.1, 0.15) is 11.6 Å². The van der Waals surface area contributed by atoms with Crippen molar-refractivity contribution in [3.8, 4) is 16.9 Å². The minimum Gasteiger partial charge on any atom is -0.496 e. The van der Waals surface area contributed by atoms with Gasteiger partial charge in [0.05, 0.1) is 7.11 Å². The molecule has 18 heavy (non-hydrogen) atoms. The lowest BCUT2D eigenvalue weighted by Crippen LogP contribution is -1.95. The average molecular weight is 242 g/mol. The second-order valence-electron chi connectivity index (χ2n) is 4.57. The Hall–Kier alpha value is -2.03. The van der Waals surface area contributed by atoms with Crippen LogP contribution in [0.3, 0.4) is 0 Å². The second kappa shape index (κ2) is 4.69. The first-order valence-electron chi connectivity index (χ1n) is 5.90. The van der Waals surface area contributed by atoms with Crippen LogP contribution in [0.25, 0.3) is 11.1 Å². The molecule has 0 spiro atoms. The molecule has 1 aromatic carbocycles. The molecule has 3 nitrogen and oxygen atoms in total. The van der Waals surface area contributed by atoms with Crippen molar-refractivity contribution in [2.24, 2.45) is 0 Å². The van der Waals surface area contributed by atoms with E-state index in [-0.39, 0.29) is 0 Å². The number of aryl methyl sites for hydroxylation is 3. The average Bonchev–Trinajstić information content (AvgIpc) is 2.32. The van der Waals surface area contributed by atoms with Gasteiger partial charge >= 0.3 is 0 Å². The van der Waals surface area contributed by atoms with Crippen molar-refractivity contribution in [3.63, 3.8) is 0 Å². The first-order valence-corrected chi connectivity index (χ1v) is 5.90. The van der Waals surface area contributed by atoms with Crippen molar-refractivity contribution in [2.75, 3.05) is 12.8 Å². The fraction of sp³-hybridized carbons (Fsp3) is 0.267. The highest BCUT2D eigenvalue weighted by Crippen LogP contribution is 2.30. The molecule has 1 heterocycles. The van der Waals surface area contributed by atoms with E-state index in [4.69, 9.17) is 10.5 Å². The van der Waals surface area contributed by atoms with Gasteiger partial charge in [0.25, 0.3) is 0 Å². The Morgan fingerprint density at radius 2 is 1.50 bits per heavy atom. The highest BCUT2D eigenvalue weighted by Gasteiger charge is 2.08. The zero-order valence-corrected chi connectivity index (χ0v) is 11.2. The van der Waals surface area contributed by atoms with Crippen molar-refractivity contribution >= 4 is 5.82 Å². The smallest absolute Gasteiger partial charge is 0.126 e. The third-order valence-electron chi connectivity index (χ3n) is 3.12. The lowest BCUT2D eigenvalue weighted by Gasteiger charge is -2.12. The number of methoxy groups -OCH3 is 1. The summed E-state index contributed by atoms with van der Waals surface area (Å²) in [6, 6.07) is 6.28. The number of pyridine rings is 1. The molecule has 2 aromatic rings. The van der Waals surface area contributed by atoms with Gasteiger partial charge in [-0.1, -0.05) is 0 Å². The molecule has 3 heteroatoms. The highest BCUT2D eigenvalue weighted by atomic mass is 16.5. The number of anilines is 1. The van der Waals surface area contributed by atoms with Crippen LogP contribution < -0.4 is 10.5 Å². The van der Waals surface area contributed by atoms with Crippen LogP contribution in [0.2, 0.25) is 0 Å². The number of nitrogen functional groups attached to an aromatic ring is 1. The molecule has 2 N–H and O–H groups in total. The number of hydrogen-bond acceptors (Lipinski definition) is 3. The lowest BCUT2D eigenvalue weighted by molar-refractivity contribution is 0.408. The summed E-state index contributed by atoms with van der Waals surface area (Å²) in [4.78, 5) is 4.20. The van der Waals surface area contributed by atoms with Gasteiger partial charge in [-0.2, -0.15) is 0 Å². The Morgan fingerprint density at radius 3 is 2.00 bits per heavy atom. The zero-order chi connectivity index (χ0) is 13.3. The van der Waals surface area contributed by atoms with Crippen LogP contribution in [0.15, 0.2) is 24.4 Å². The summed E-state index contributed by atoms with van der Waals surface area (Å²) in [5.74, 6) is 1.53. The van der Waals surface area contributed by atoms with Gasteiger partial charge in [-0.15, -0.1) is 0 Å². The quantitative estimate of drug-likeness (QED) is 0.879. The van der Waals surface area contributed by atoms with E-state index in [1.807, 2.05) is 27.0 Å². The topological polar surface area (TPSA) is 48.1 Å². The maximum atomic E-state index is 5.74. The molecule has 0 aliphatic heterocycles. The molecule has 0 saturated carbocycles. The summed E-state index contributed by atoms with van der Waals surface area (Å²) in [6.07, 6.45) is 1.81. The number of rotatable bonds is 2. The number of aromatic nitrogens is 1. The van der Waals surface area contributed by atoms with Crippen LogP contribution >= 0.6 is 0 Å². The first kappa shape index (κ1) is 12.4. The number of hydrogen-bond donors (Lipinski definition) is 1. The Bertz CT molecular complexity index is 568. The normalized spacial score (nSPS) is 10.4. The lowest BCUT2D eigenvalue weighted by atomic mass is 10.00. The fourth-order valence-corrected chi connectivity index (χ4v) is 2.18. The minimum atomic E-state index is 0.584. The van der Waals surface area contributed by atoms with E-state index in [2.05, 4.69) is 23.2 Å². The summed E-state index contributed by atoms with van der Waals surface area (Å²) in [5, 5.41) is 0. The summed E-state index contributed by atoms with van der Waals surface area (Å²) in [7, 11) is 1.70. The minimum absolute atomic E-state index is 0.584. The SMILES string of the molecule is COc1c(C)cc(-c2cnc(N)c(C)c2)cc1C. The van der Waals surface area contributed by atoms with Gasteiger partial charge in [-0.3, -0.25) is 0 Å². The molecular weight excluding hydrogens is 224 g/mol. The van der Waals surface area contributed by atoms with Crippen LogP contribution in [0, 0.1) is 20.8 Å². The standard InChI is InChI=1S/C15H18N2O/c1-9-5-12(6-10(2)14(9)18-4)13-7-11(3)15(16)17-8-13/h5-8H,1-4H3,(H2,16,17). The predicted molar refractivity (Wildman–Crippen MR) is 74.8 cm³/mol. The van der Waals surface area contributed by atoms with E-state index in [1.54, 1.807) is 7.11 Å². The Morgan fingerprint density at radius 1 is 0.944 bits per heavy atom. The van der Waals surface area contributed by atoms with Crippen LogP contribution in [0.4, 0.5) is 5.82 Å². The third kappa shape index (κ3) is 2.16. The van der Waals surface area contributed by atoms with E-state index in [9.17, 15) is 0 Å². The third-order valence-corrected chi connectivity index (χ3v) is 3.12. The van der Waals surface area contributed by atoms with E-state index in [0.717, 1.165) is 33.6 Å². The maximum Gasteiger partial charge on any atom is 0.126 e. The van der Waals surface area contributed by atoms with Crippen LogP contribution in [-0.4, -0.2) is 12.1 Å². The van der Waals surface area contributed by atoms with Crippen molar-refractivity contribution < 1.29 is 4.74 Å². The molecular formula is C15H18N2O. The summed E-state index contributed by atoms with van der Waals surface area (Å²) < 4.78 is 5.37. The van der Waals surface area contributed by atoms with Crippen LogP contribution in [-0.2, 0) is 0 Å². The molecule has 0 aliphatic carbocycles. The summed E-state index contributed by atoms with van der Waals surface area (Å²) in [6.45, 7) is 6.06. The number of ether oxygens (including phenoxy) is 1. The van der Waals surface area contributed by atoms with Gasteiger partial charge in [-0.25, -0.2) is 4.98 Å². The first-order chi connectivity index (χ1) is 8.52. The second-order valence-corrected chi connectivity index (χ2v) is 4.57. The van der Waals surface area contributed by atoms with Crippen molar-refractivity contribution in [3.05, 3.63) is 41.1 Å². The van der Waals surface area contributed by atoms with E-state index in [0.29, 0.717) is 5.82 Å². The molecule has 0 amide bonds. The van der Waals surface area contributed by atoms with Crippen LogP contribution in [0.5, 0.6) is 5.75 Å². The van der Waals surface area contributed by atoms with Crippen molar-refractivity contribution in [1.29, 1.82) is 0 Å². The van der Waals surface area contributed by atoms with Gasteiger partial charge in [0.15, 0.2) is 0 Å². The van der Waals surface area contributed by atoms with E-state index in [1.165, 1.54) is 0 Å². The van der Waals surface area contributed by atoms with E-state index >= 15 is 0 Å². The number of nitrogens with zero attached hydrogens (tertiary/aromatic N) is 1. The van der Waals surface area contributed by atoms with Gasteiger partial charge in [-0.05, 0) is 61.2 Å². The maximum absolute atomic E-state index is 5.74. The van der Waals surface area contributed by atoms with Gasteiger partial charge in [0.2, 0.25) is 0 Å². The molecule has 2 rings (SSSR count). The summed E-state index contributed by atoms with van der Waals surface area (Å²) in [5.41, 5.74) is 11.2. The molecule has 1 aromatic heterocycles. The molecule has 0 aliphatic rings. The molecule has 0 unspecified atom stereocenters. The Balaban J connectivity index is 2.54. The molecule has 0 saturated heterocycles.